The van der Waals surface area contributed by atoms with E-state index in [0.717, 1.165) is 31.2 Å². The second-order valence-corrected chi connectivity index (χ2v) is 5.06. The zero-order chi connectivity index (χ0) is 15.5. The van der Waals surface area contributed by atoms with E-state index < -0.39 is 5.97 Å². The quantitative estimate of drug-likeness (QED) is 0.652. The van der Waals surface area contributed by atoms with Crippen LogP contribution in [0.1, 0.15) is 44.1 Å². The molecule has 1 aromatic carbocycles. The van der Waals surface area contributed by atoms with Gasteiger partial charge < -0.3 is 10.4 Å². The third kappa shape index (κ3) is 8.78. The van der Waals surface area contributed by atoms with Crippen LogP contribution >= 0.6 is 0 Å². The number of carboxylic acid groups (broad SMARTS) is 1. The molecule has 116 valence electrons. The minimum Gasteiger partial charge on any atom is -0.481 e. The smallest absolute Gasteiger partial charge is 0.303 e. The molecule has 0 unspecified atom stereocenters. The van der Waals surface area contributed by atoms with Crippen molar-refractivity contribution in [2.75, 3.05) is 6.54 Å². The number of rotatable bonds is 10. The summed E-state index contributed by atoms with van der Waals surface area (Å²) in [5.41, 5.74) is 0.794. The molecule has 0 aliphatic carbocycles. The van der Waals surface area contributed by atoms with Crippen LogP contribution in [-0.4, -0.2) is 23.5 Å². The van der Waals surface area contributed by atoms with Gasteiger partial charge in [0.25, 0.3) is 0 Å². The van der Waals surface area contributed by atoms with Gasteiger partial charge >= 0.3 is 5.97 Å². The molecular weight excluding hydrogens is 273 g/mol. The average Bonchev–Trinajstić information content (AvgIpc) is 2.44. The maximum atomic E-state index is 12.7. The van der Waals surface area contributed by atoms with Crippen molar-refractivity contribution < 1.29 is 19.1 Å². The first-order valence-corrected chi connectivity index (χ1v) is 7.31. The Balaban J connectivity index is 2.01. The van der Waals surface area contributed by atoms with Gasteiger partial charge in [0.05, 0.1) is 6.42 Å². The number of carbonyl (C=O) groups is 2. The number of hydrogen-bond acceptors (Lipinski definition) is 2. The van der Waals surface area contributed by atoms with E-state index in [2.05, 4.69) is 5.32 Å². The number of unbranched alkanes of at least 4 members (excludes halogenated alkanes) is 4. The minimum atomic E-state index is -0.747. The van der Waals surface area contributed by atoms with Gasteiger partial charge in [-0.05, 0) is 30.5 Å². The molecule has 0 spiro atoms. The van der Waals surface area contributed by atoms with Crippen LogP contribution in [0.5, 0.6) is 0 Å². The third-order valence-corrected chi connectivity index (χ3v) is 3.17. The van der Waals surface area contributed by atoms with Gasteiger partial charge in [0.2, 0.25) is 5.91 Å². The fourth-order valence-corrected chi connectivity index (χ4v) is 2.01. The summed E-state index contributed by atoms with van der Waals surface area (Å²) >= 11 is 0. The van der Waals surface area contributed by atoms with Crippen molar-refractivity contribution in [1.82, 2.24) is 5.32 Å². The molecule has 0 bridgehead atoms. The van der Waals surface area contributed by atoms with E-state index in [9.17, 15) is 14.0 Å². The fraction of sp³-hybridized carbons (Fsp3) is 0.500. The first-order chi connectivity index (χ1) is 10.1. The zero-order valence-corrected chi connectivity index (χ0v) is 12.1. The topological polar surface area (TPSA) is 66.4 Å². The van der Waals surface area contributed by atoms with Crippen LogP contribution in [-0.2, 0) is 16.0 Å². The van der Waals surface area contributed by atoms with Gasteiger partial charge in [-0.15, -0.1) is 0 Å². The number of aliphatic carboxylic acids is 1. The Bertz CT molecular complexity index is 445. The largest absolute Gasteiger partial charge is 0.481 e. The van der Waals surface area contributed by atoms with Crippen molar-refractivity contribution in [2.24, 2.45) is 0 Å². The Labute approximate surface area is 124 Å². The lowest BCUT2D eigenvalue weighted by Crippen LogP contribution is -2.26. The molecule has 0 heterocycles. The number of halogens is 1. The number of carbonyl (C=O) groups excluding carboxylic acids is 1. The van der Waals surface area contributed by atoms with Crippen LogP contribution < -0.4 is 5.32 Å². The van der Waals surface area contributed by atoms with Crippen molar-refractivity contribution in [3.8, 4) is 0 Å². The zero-order valence-electron chi connectivity index (χ0n) is 12.1. The van der Waals surface area contributed by atoms with Crippen LogP contribution in [0.2, 0.25) is 0 Å². The SMILES string of the molecule is O=C(O)CCCCCCCNC(=O)Cc1ccc(F)cc1. The second kappa shape index (κ2) is 9.91. The summed E-state index contributed by atoms with van der Waals surface area (Å²) in [6.07, 6.45) is 4.98. The van der Waals surface area contributed by atoms with Crippen LogP contribution in [0.3, 0.4) is 0 Å². The number of hydrogen-bond donors (Lipinski definition) is 2. The molecule has 0 aliphatic rings. The lowest BCUT2D eigenvalue weighted by molar-refractivity contribution is -0.137. The van der Waals surface area contributed by atoms with E-state index in [4.69, 9.17) is 5.11 Å². The van der Waals surface area contributed by atoms with Crippen LogP contribution in [0.25, 0.3) is 0 Å². The highest BCUT2D eigenvalue weighted by Gasteiger charge is 2.03. The summed E-state index contributed by atoms with van der Waals surface area (Å²) in [4.78, 5) is 21.9. The molecule has 2 N–H and O–H groups in total. The first kappa shape index (κ1) is 17.1. The Morgan fingerprint density at radius 3 is 2.29 bits per heavy atom. The molecule has 0 aliphatic heterocycles. The standard InChI is InChI=1S/C16H22FNO3/c17-14-9-7-13(8-10-14)12-15(19)18-11-5-3-1-2-4-6-16(20)21/h7-10H,1-6,11-12H2,(H,18,19)(H,20,21). The average molecular weight is 295 g/mol. The van der Waals surface area contributed by atoms with Gasteiger partial charge in [0, 0.05) is 13.0 Å². The maximum Gasteiger partial charge on any atom is 0.303 e. The highest BCUT2D eigenvalue weighted by molar-refractivity contribution is 5.78. The number of amides is 1. The van der Waals surface area contributed by atoms with Gasteiger partial charge in [-0.2, -0.15) is 0 Å². The van der Waals surface area contributed by atoms with E-state index in [1.807, 2.05) is 0 Å². The molecule has 0 atom stereocenters. The monoisotopic (exact) mass is 295 g/mol. The van der Waals surface area contributed by atoms with Gasteiger partial charge in [-0.3, -0.25) is 9.59 Å². The molecule has 0 radical (unpaired) electrons. The van der Waals surface area contributed by atoms with E-state index in [0.29, 0.717) is 13.0 Å². The third-order valence-electron chi connectivity index (χ3n) is 3.17. The number of carboxylic acids is 1. The van der Waals surface area contributed by atoms with E-state index in [1.54, 1.807) is 12.1 Å². The minimum absolute atomic E-state index is 0.0625. The van der Waals surface area contributed by atoms with Crippen molar-refractivity contribution in [3.63, 3.8) is 0 Å². The molecule has 0 fully saturated rings. The van der Waals surface area contributed by atoms with Gasteiger partial charge in [-0.25, -0.2) is 4.39 Å². The predicted octanol–water partition coefficient (Wildman–Crippen LogP) is 2.91. The van der Waals surface area contributed by atoms with Crippen LogP contribution in [0.4, 0.5) is 4.39 Å². The molecule has 4 nitrogen and oxygen atoms in total. The highest BCUT2D eigenvalue weighted by Crippen LogP contribution is 2.05. The molecule has 0 saturated carbocycles. The molecule has 5 heteroatoms. The predicted molar refractivity (Wildman–Crippen MR) is 78.5 cm³/mol. The first-order valence-electron chi connectivity index (χ1n) is 7.31. The van der Waals surface area contributed by atoms with Crippen molar-refractivity contribution in [1.29, 1.82) is 0 Å². The molecular formula is C16H22FNO3. The molecule has 0 aromatic heterocycles. The Hall–Kier alpha value is -1.91. The van der Waals surface area contributed by atoms with Crippen molar-refractivity contribution in [2.45, 2.75) is 44.9 Å². The van der Waals surface area contributed by atoms with E-state index >= 15 is 0 Å². The van der Waals surface area contributed by atoms with Crippen LogP contribution in [0, 0.1) is 5.82 Å². The normalized spacial score (nSPS) is 10.3. The van der Waals surface area contributed by atoms with Crippen molar-refractivity contribution in [3.05, 3.63) is 35.6 Å². The fourth-order valence-electron chi connectivity index (χ4n) is 2.01. The summed E-state index contributed by atoms with van der Waals surface area (Å²) in [6, 6.07) is 5.91. The Kier molecular flexibility index (Phi) is 8.09. The lowest BCUT2D eigenvalue weighted by Gasteiger charge is -2.05. The summed E-state index contributed by atoms with van der Waals surface area (Å²) in [7, 11) is 0. The van der Waals surface area contributed by atoms with Crippen LogP contribution in [0.15, 0.2) is 24.3 Å². The Morgan fingerprint density at radius 2 is 1.62 bits per heavy atom. The van der Waals surface area contributed by atoms with E-state index in [1.165, 1.54) is 12.1 Å². The summed E-state index contributed by atoms with van der Waals surface area (Å²) in [5.74, 6) is -1.11. The number of nitrogens with one attached hydrogen (secondary N) is 1. The maximum absolute atomic E-state index is 12.7. The van der Waals surface area contributed by atoms with E-state index in [-0.39, 0.29) is 24.6 Å². The molecule has 21 heavy (non-hydrogen) atoms. The molecule has 1 amide bonds. The van der Waals surface area contributed by atoms with Gasteiger partial charge in [0.1, 0.15) is 5.82 Å². The summed E-state index contributed by atoms with van der Waals surface area (Å²) in [6.45, 7) is 0.624. The second-order valence-electron chi connectivity index (χ2n) is 5.06. The molecule has 1 aromatic rings. The molecule has 1 rings (SSSR count). The molecule has 0 saturated heterocycles. The lowest BCUT2D eigenvalue weighted by atomic mass is 10.1. The van der Waals surface area contributed by atoms with Gasteiger partial charge in [-0.1, -0.05) is 31.4 Å². The van der Waals surface area contributed by atoms with Gasteiger partial charge in [0.15, 0.2) is 0 Å². The summed E-state index contributed by atoms with van der Waals surface area (Å²) in [5, 5.41) is 11.3. The number of benzene rings is 1. The van der Waals surface area contributed by atoms with Crippen molar-refractivity contribution >= 4 is 11.9 Å². The Morgan fingerprint density at radius 1 is 1.00 bits per heavy atom. The summed E-state index contributed by atoms with van der Waals surface area (Å²) < 4.78 is 12.7. The highest BCUT2D eigenvalue weighted by atomic mass is 19.1.